The Balaban J connectivity index is 2.09. The van der Waals surface area contributed by atoms with Gasteiger partial charge in [0.2, 0.25) is 0 Å². The molecule has 0 bridgehead atoms. The molecule has 0 aliphatic carbocycles. The molecule has 2 N–H and O–H groups in total. The van der Waals surface area contributed by atoms with Crippen LogP contribution in [-0.2, 0) is 0 Å². The van der Waals surface area contributed by atoms with Crippen LogP contribution in [0.5, 0.6) is 11.5 Å². The van der Waals surface area contributed by atoms with E-state index < -0.39 is 0 Å². The summed E-state index contributed by atoms with van der Waals surface area (Å²) in [6.07, 6.45) is 4.54. The van der Waals surface area contributed by atoms with E-state index in [1.165, 1.54) is 17.7 Å². The summed E-state index contributed by atoms with van der Waals surface area (Å²) >= 11 is 0. The first-order valence-electron chi connectivity index (χ1n) is 6.15. The average molecular weight is 258 g/mol. The van der Waals surface area contributed by atoms with Gasteiger partial charge in [-0.2, -0.15) is 0 Å². The lowest BCUT2D eigenvalue weighted by molar-refractivity contribution is 0.0777. The van der Waals surface area contributed by atoms with Crippen LogP contribution >= 0.6 is 0 Å². The summed E-state index contributed by atoms with van der Waals surface area (Å²) < 4.78 is 0. The highest BCUT2D eigenvalue weighted by atomic mass is 16.3. The molecule has 1 saturated heterocycles. The van der Waals surface area contributed by atoms with Crippen molar-refractivity contribution in [3.8, 4) is 11.5 Å². The lowest BCUT2D eigenvalue weighted by Crippen LogP contribution is -2.35. The number of phenols is 2. The van der Waals surface area contributed by atoms with E-state index in [4.69, 9.17) is 0 Å². The maximum atomic E-state index is 12.5. The number of phenolic OH excluding ortho intramolecular Hbond substituents is 2. The van der Waals surface area contributed by atoms with Crippen molar-refractivity contribution >= 4 is 17.8 Å². The van der Waals surface area contributed by atoms with Crippen LogP contribution in [0.1, 0.15) is 23.7 Å². The first-order chi connectivity index (χ1) is 9.10. The maximum Gasteiger partial charge on any atom is 0.257 e. The number of nitrogens with zero attached hydrogens (tertiary/aromatic N) is 2. The van der Waals surface area contributed by atoms with Crippen molar-refractivity contribution in [3.05, 3.63) is 29.3 Å². The van der Waals surface area contributed by atoms with Crippen LogP contribution in [0.4, 0.5) is 5.69 Å². The van der Waals surface area contributed by atoms with E-state index >= 15 is 0 Å². The summed E-state index contributed by atoms with van der Waals surface area (Å²) in [6, 6.07) is 2.55. The minimum Gasteiger partial charge on any atom is -0.504 e. The van der Waals surface area contributed by atoms with Crippen LogP contribution in [0, 0.1) is 0 Å². The smallest absolute Gasteiger partial charge is 0.257 e. The molecule has 5 nitrogen and oxygen atoms in total. The number of hydrogen-bond acceptors (Lipinski definition) is 4. The lowest BCUT2D eigenvalue weighted by atomic mass is 10.1. The molecule has 0 unspecified atom stereocenters. The minimum absolute atomic E-state index is 0.0459. The second-order valence-corrected chi connectivity index (χ2v) is 4.79. The van der Waals surface area contributed by atoms with Crippen LogP contribution in [0.25, 0.3) is 0 Å². The van der Waals surface area contributed by atoms with Crippen molar-refractivity contribution < 1.29 is 15.0 Å². The fourth-order valence-electron chi connectivity index (χ4n) is 2.51. The highest BCUT2D eigenvalue weighted by Gasteiger charge is 2.34. The van der Waals surface area contributed by atoms with E-state index in [1.807, 2.05) is 13.0 Å². The normalized spacial score (nSPS) is 23.4. The molecule has 2 aliphatic rings. The largest absolute Gasteiger partial charge is 0.504 e. The Labute approximate surface area is 110 Å². The Hall–Kier alpha value is -2.30. The predicted molar refractivity (Wildman–Crippen MR) is 71.1 cm³/mol. The number of carbonyl (C=O) groups is 1. The molecule has 5 heteroatoms. The fraction of sp³-hybridized carbons (Fsp3) is 0.286. The van der Waals surface area contributed by atoms with E-state index in [9.17, 15) is 15.0 Å². The van der Waals surface area contributed by atoms with Crippen molar-refractivity contribution in [3.63, 3.8) is 0 Å². The second-order valence-electron chi connectivity index (χ2n) is 4.79. The summed E-state index contributed by atoms with van der Waals surface area (Å²) in [5.74, 6) is -0.726. The third-order valence-electron chi connectivity index (χ3n) is 3.62. The zero-order valence-corrected chi connectivity index (χ0v) is 10.5. The molecule has 1 aromatic rings. The first-order valence-corrected chi connectivity index (χ1v) is 6.15. The number of allylic oxidation sites excluding steroid dienone is 1. The predicted octanol–water partition coefficient (Wildman–Crippen LogP) is 1.97. The van der Waals surface area contributed by atoms with Gasteiger partial charge < -0.3 is 15.1 Å². The summed E-state index contributed by atoms with van der Waals surface area (Å²) in [5, 5.41) is 19.0. The molecule has 0 aromatic heterocycles. The van der Waals surface area contributed by atoms with E-state index in [1.54, 1.807) is 11.1 Å². The fourth-order valence-corrected chi connectivity index (χ4v) is 2.51. The molecule has 0 saturated carbocycles. The summed E-state index contributed by atoms with van der Waals surface area (Å²) in [5.41, 5.74) is 1.93. The van der Waals surface area contributed by atoms with Crippen molar-refractivity contribution in [1.82, 2.24) is 4.90 Å². The van der Waals surface area contributed by atoms with Gasteiger partial charge in [-0.25, -0.2) is 0 Å². The molecule has 19 heavy (non-hydrogen) atoms. The minimum atomic E-state index is -0.300. The molecular formula is C14H14N2O3. The summed E-state index contributed by atoms with van der Waals surface area (Å²) in [7, 11) is 0. The van der Waals surface area contributed by atoms with Crippen molar-refractivity contribution in [2.24, 2.45) is 4.99 Å². The molecule has 1 aromatic carbocycles. The molecular weight excluding hydrogens is 244 g/mol. The molecule has 1 amide bonds. The number of rotatable bonds is 0. The number of carbonyl (C=O) groups excluding carboxylic acids is 1. The van der Waals surface area contributed by atoms with E-state index in [-0.39, 0.29) is 23.4 Å². The number of fused-ring (bicyclic) bond motifs is 2. The number of amides is 1. The topological polar surface area (TPSA) is 73.1 Å². The van der Waals surface area contributed by atoms with Gasteiger partial charge in [0.05, 0.1) is 17.3 Å². The third kappa shape index (κ3) is 1.78. The van der Waals surface area contributed by atoms with Crippen LogP contribution in [-0.4, -0.2) is 39.8 Å². The third-order valence-corrected chi connectivity index (χ3v) is 3.62. The zero-order chi connectivity index (χ0) is 13.6. The molecule has 2 heterocycles. The monoisotopic (exact) mass is 258 g/mol. The first kappa shape index (κ1) is 11.8. The van der Waals surface area contributed by atoms with E-state index in [2.05, 4.69) is 4.99 Å². The SMILES string of the molecule is C/C=C1\C[C@H]2C=Nc3cc(O)c(O)cc3C(=O)N2C1. The summed E-state index contributed by atoms with van der Waals surface area (Å²) in [4.78, 5) is 18.5. The number of benzene rings is 1. The van der Waals surface area contributed by atoms with Gasteiger partial charge in [-0.05, 0) is 19.4 Å². The molecule has 1 atom stereocenters. The van der Waals surface area contributed by atoms with E-state index in [0.717, 1.165) is 6.42 Å². The Kier molecular flexibility index (Phi) is 2.55. The highest BCUT2D eigenvalue weighted by molar-refractivity contribution is 6.03. The number of aromatic hydroxyl groups is 2. The van der Waals surface area contributed by atoms with Gasteiger partial charge >= 0.3 is 0 Å². The lowest BCUT2D eigenvalue weighted by Gasteiger charge is -2.19. The van der Waals surface area contributed by atoms with Crippen LogP contribution in [0.15, 0.2) is 28.8 Å². The Bertz CT molecular complexity index is 619. The Morgan fingerprint density at radius 2 is 2.11 bits per heavy atom. The molecule has 0 radical (unpaired) electrons. The number of hydrogen-bond donors (Lipinski definition) is 2. The van der Waals surface area contributed by atoms with Gasteiger partial charge in [-0.1, -0.05) is 11.6 Å². The van der Waals surface area contributed by atoms with E-state index in [0.29, 0.717) is 17.8 Å². The van der Waals surface area contributed by atoms with Gasteiger partial charge in [-0.3, -0.25) is 9.79 Å². The Morgan fingerprint density at radius 1 is 1.37 bits per heavy atom. The van der Waals surface area contributed by atoms with Crippen LogP contribution in [0.3, 0.4) is 0 Å². The molecule has 0 spiro atoms. The van der Waals surface area contributed by atoms with Gasteiger partial charge in [0.1, 0.15) is 0 Å². The second kappa shape index (κ2) is 4.12. The zero-order valence-electron chi connectivity index (χ0n) is 10.5. The van der Waals surface area contributed by atoms with Gasteiger partial charge in [-0.15, -0.1) is 0 Å². The van der Waals surface area contributed by atoms with Crippen molar-refractivity contribution in [2.45, 2.75) is 19.4 Å². The van der Waals surface area contributed by atoms with Gasteiger partial charge in [0, 0.05) is 18.8 Å². The maximum absolute atomic E-state index is 12.5. The summed E-state index contributed by atoms with van der Waals surface area (Å²) in [6.45, 7) is 2.55. The van der Waals surface area contributed by atoms with Gasteiger partial charge in [0.25, 0.3) is 5.91 Å². The molecule has 2 aliphatic heterocycles. The van der Waals surface area contributed by atoms with Crippen LogP contribution < -0.4 is 0 Å². The molecule has 98 valence electrons. The molecule has 3 rings (SSSR count). The highest BCUT2D eigenvalue weighted by Crippen LogP contribution is 2.37. The van der Waals surface area contributed by atoms with Gasteiger partial charge in [0.15, 0.2) is 11.5 Å². The van der Waals surface area contributed by atoms with Crippen molar-refractivity contribution in [2.75, 3.05) is 6.54 Å². The Morgan fingerprint density at radius 3 is 2.84 bits per heavy atom. The van der Waals surface area contributed by atoms with Crippen molar-refractivity contribution in [1.29, 1.82) is 0 Å². The average Bonchev–Trinajstić information content (AvgIpc) is 2.77. The standard InChI is InChI=1S/C14H14N2O3/c1-2-8-3-9-6-15-11-5-13(18)12(17)4-10(11)14(19)16(9)7-8/h2,4-6,9,17-18H,3,7H2,1H3/b8-2+/t9-/m0/s1. The number of aliphatic imine (C=N–C) groups is 1. The molecule has 1 fully saturated rings. The van der Waals surface area contributed by atoms with Crippen LogP contribution in [0.2, 0.25) is 0 Å². The quantitative estimate of drug-likeness (QED) is 0.552.